The fourth-order valence-corrected chi connectivity index (χ4v) is 2.41. The Morgan fingerprint density at radius 3 is 2.20 bits per heavy atom. The van der Waals surface area contributed by atoms with Crippen LogP contribution in [0.1, 0.15) is 32.1 Å². The number of nitrogens with one attached hydrogen (secondary N) is 1. The first-order chi connectivity index (χ1) is 4.90. The molecule has 0 aliphatic heterocycles. The van der Waals surface area contributed by atoms with Crippen LogP contribution >= 0.6 is 0 Å². The molecule has 1 unspecified atom stereocenters. The summed E-state index contributed by atoms with van der Waals surface area (Å²) in [6.45, 7) is 0. The molecule has 2 fully saturated rings. The second-order valence-electron chi connectivity index (χ2n) is 3.84. The predicted molar refractivity (Wildman–Crippen MR) is 42.3 cm³/mol. The van der Waals surface area contributed by atoms with Crippen molar-refractivity contribution in [1.82, 2.24) is 0 Å². The monoisotopic (exact) mass is 135 g/mol. The van der Waals surface area contributed by atoms with Crippen LogP contribution in [0, 0.1) is 17.1 Å². The predicted octanol–water partition coefficient (Wildman–Crippen LogP) is 2.45. The van der Waals surface area contributed by atoms with Crippen molar-refractivity contribution in [1.29, 1.82) is 5.31 Å². The van der Waals surface area contributed by atoms with E-state index in [0.717, 1.165) is 11.8 Å². The van der Waals surface area contributed by atoms with Gasteiger partial charge in [0, 0.05) is 0 Å². The molecule has 0 spiro atoms. The van der Waals surface area contributed by atoms with Gasteiger partial charge in [-0.15, -0.1) is 0 Å². The van der Waals surface area contributed by atoms with Crippen molar-refractivity contribution >= 4 is 7.07 Å². The zero-order chi connectivity index (χ0) is 6.97. The van der Waals surface area contributed by atoms with Gasteiger partial charge in [0.05, 0.1) is 0 Å². The van der Waals surface area contributed by atoms with Gasteiger partial charge >= 0.3 is 62.1 Å². The molecular weight excluding hydrogens is 121 g/mol. The molecular formula is C8H14BN. The Labute approximate surface area is 63.0 Å². The summed E-state index contributed by atoms with van der Waals surface area (Å²) in [5.41, 5.74) is 0. The van der Waals surface area contributed by atoms with E-state index in [1.807, 2.05) is 0 Å². The summed E-state index contributed by atoms with van der Waals surface area (Å²) in [6, 6.07) is 0. The molecule has 1 nitrogen and oxygen atoms in total. The summed E-state index contributed by atoms with van der Waals surface area (Å²) in [6.07, 6.45) is 6.97. The average molecular weight is 135 g/mol. The van der Waals surface area contributed by atoms with Gasteiger partial charge in [0.2, 0.25) is 0 Å². The van der Waals surface area contributed by atoms with Crippen molar-refractivity contribution in [3.8, 4) is 0 Å². The molecule has 0 aromatic carbocycles. The minimum atomic E-state index is 0.640. The standard InChI is InChI=1S/C8H14BN/c10-9-8-4-3-6-1-2-7(6)5-8/h6-8,10H,1-5H2/t6?,7-,8+/m0/s1. The van der Waals surface area contributed by atoms with Gasteiger partial charge in [0.15, 0.2) is 0 Å². The second-order valence-corrected chi connectivity index (χ2v) is 3.84. The van der Waals surface area contributed by atoms with E-state index in [1.54, 1.807) is 7.07 Å². The quantitative estimate of drug-likeness (QED) is 0.534. The first-order valence-corrected chi connectivity index (χ1v) is 4.40. The molecule has 10 heavy (non-hydrogen) atoms. The van der Waals surface area contributed by atoms with Crippen LogP contribution in [0.5, 0.6) is 0 Å². The van der Waals surface area contributed by atoms with E-state index in [4.69, 9.17) is 5.31 Å². The molecule has 54 valence electrons. The minimum absolute atomic E-state index is 0.640. The van der Waals surface area contributed by atoms with E-state index < -0.39 is 0 Å². The van der Waals surface area contributed by atoms with Crippen LogP contribution in [-0.2, 0) is 0 Å². The Morgan fingerprint density at radius 1 is 1.00 bits per heavy atom. The van der Waals surface area contributed by atoms with Crippen molar-refractivity contribution in [3.63, 3.8) is 0 Å². The average Bonchev–Trinajstić information content (AvgIpc) is 1.92. The molecule has 0 aromatic heterocycles. The van der Waals surface area contributed by atoms with Crippen LogP contribution < -0.4 is 0 Å². The van der Waals surface area contributed by atoms with Gasteiger partial charge in [0.1, 0.15) is 0 Å². The number of fused-ring (bicyclic) bond motifs is 1. The van der Waals surface area contributed by atoms with E-state index in [9.17, 15) is 0 Å². The molecule has 2 saturated carbocycles. The van der Waals surface area contributed by atoms with E-state index in [1.165, 1.54) is 32.1 Å². The Balaban J connectivity index is 1.92. The van der Waals surface area contributed by atoms with Crippen LogP contribution in [0.25, 0.3) is 0 Å². The SMILES string of the molecule is N=B[C@@H]1CCC2CC[C@H]2C1. The van der Waals surface area contributed by atoms with Gasteiger partial charge in [-0.2, -0.15) is 0 Å². The molecule has 1 N–H and O–H groups in total. The molecule has 0 bridgehead atoms. The van der Waals surface area contributed by atoms with Crippen LogP contribution in [0.2, 0.25) is 5.82 Å². The third-order valence-corrected chi connectivity index (χ3v) is 3.32. The van der Waals surface area contributed by atoms with Crippen molar-refractivity contribution < 1.29 is 0 Å². The number of hydrogen-bond donors (Lipinski definition) is 1. The van der Waals surface area contributed by atoms with Gasteiger partial charge in [-0.25, -0.2) is 0 Å². The number of hydrogen-bond acceptors (Lipinski definition) is 1. The molecule has 0 amide bonds. The maximum atomic E-state index is 7.15. The van der Waals surface area contributed by atoms with Crippen molar-refractivity contribution in [2.45, 2.75) is 37.9 Å². The second kappa shape index (κ2) is 2.48. The fraction of sp³-hybridized carbons (Fsp3) is 1.00. The van der Waals surface area contributed by atoms with E-state index in [2.05, 4.69) is 0 Å². The summed E-state index contributed by atoms with van der Waals surface area (Å²) in [7, 11) is 1.66. The van der Waals surface area contributed by atoms with Crippen molar-refractivity contribution in [2.24, 2.45) is 11.8 Å². The van der Waals surface area contributed by atoms with Gasteiger partial charge < -0.3 is 0 Å². The molecule has 2 aliphatic rings. The topological polar surface area (TPSA) is 23.9 Å². The van der Waals surface area contributed by atoms with Gasteiger partial charge in [0.25, 0.3) is 0 Å². The van der Waals surface area contributed by atoms with Crippen LogP contribution in [0.15, 0.2) is 0 Å². The van der Waals surface area contributed by atoms with Crippen molar-refractivity contribution in [3.05, 3.63) is 0 Å². The van der Waals surface area contributed by atoms with Crippen LogP contribution in [-0.4, -0.2) is 7.07 Å². The molecule has 0 radical (unpaired) electrons. The van der Waals surface area contributed by atoms with E-state index in [-0.39, 0.29) is 0 Å². The Morgan fingerprint density at radius 2 is 1.70 bits per heavy atom. The first kappa shape index (κ1) is 6.57. The summed E-state index contributed by atoms with van der Waals surface area (Å²) in [4.78, 5) is 0. The molecule has 3 atom stereocenters. The Bertz CT molecular complexity index is 146. The summed E-state index contributed by atoms with van der Waals surface area (Å²) < 4.78 is 0. The summed E-state index contributed by atoms with van der Waals surface area (Å²) >= 11 is 0. The Kier molecular flexibility index (Phi) is 1.63. The molecule has 2 rings (SSSR count). The first-order valence-electron chi connectivity index (χ1n) is 4.40. The summed E-state index contributed by atoms with van der Waals surface area (Å²) in [5.74, 6) is 2.72. The molecule has 2 aliphatic carbocycles. The van der Waals surface area contributed by atoms with E-state index >= 15 is 0 Å². The Hall–Kier alpha value is -0.135. The molecule has 0 aromatic rings. The van der Waals surface area contributed by atoms with Crippen molar-refractivity contribution in [2.75, 3.05) is 0 Å². The summed E-state index contributed by atoms with van der Waals surface area (Å²) in [5, 5.41) is 7.15. The number of rotatable bonds is 1. The molecule has 0 saturated heterocycles. The molecule has 2 heteroatoms. The van der Waals surface area contributed by atoms with Gasteiger partial charge in [-0.05, 0) is 0 Å². The van der Waals surface area contributed by atoms with Gasteiger partial charge in [-0.1, -0.05) is 0 Å². The van der Waals surface area contributed by atoms with Crippen LogP contribution in [0.3, 0.4) is 0 Å². The van der Waals surface area contributed by atoms with E-state index in [0.29, 0.717) is 5.82 Å². The molecule has 0 heterocycles. The zero-order valence-corrected chi connectivity index (χ0v) is 6.34. The zero-order valence-electron chi connectivity index (χ0n) is 6.34. The third-order valence-electron chi connectivity index (χ3n) is 3.32. The fourth-order valence-electron chi connectivity index (χ4n) is 2.41. The maximum absolute atomic E-state index is 7.15. The normalized spacial score (nSPS) is 45.0. The third kappa shape index (κ3) is 0.939. The van der Waals surface area contributed by atoms with Crippen LogP contribution in [0.4, 0.5) is 0 Å². The van der Waals surface area contributed by atoms with Gasteiger partial charge in [-0.3, -0.25) is 0 Å².